The first-order chi connectivity index (χ1) is 29.8. The van der Waals surface area contributed by atoms with Gasteiger partial charge in [0.15, 0.2) is 0 Å². The lowest BCUT2D eigenvalue weighted by molar-refractivity contribution is -0.187. The minimum Gasteiger partial charge on any atom is -0.427 e. The minimum absolute atomic E-state index is 0.112. The van der Waals surface area contributed by atoms with Gasteiger partial charge in [0.05, 0.1) is 39.5 Å². The summed E-state index contributed by atoms with van der Waals surface area (Å²) in [5, 5.41) is 6.24. The molecular weight excluding hydrogens is 813 g/mol. The highest BCUT2D eigenvalue weighted by Crippen LogP contribution is 2.46. The first-order valence-corrected chi connectivity index (χ1v) is 21.5. The summed E-state index contributed by atoms with van der Waals surface area (Å²) in [7, 11) is 0. The van der Waals surface area contributed by atoms with E-state index in [0.29, 0.717) is 66.9 Å². The number of alkyl halides is 3. The van der Waals surface area contributed by atoms with E-state index in [9.17, 15) is 36.7 Å². The molecule has 3 aromatic carbocycles. The zero-order valence-electron chi connectivity index (χ0n) is 35.1. The van der Waals surface area contributed by atoms with E-state index in [-0.39, 0.29) is 30.9 Å². The van der Waals surface area contributed by atoms with Crippen LogP contribution in [0.3, 0.4) is 0 Å². The number of carbonyl (C=O) groups is 4. The van der Waals surface area contributed by atoms with Gasteiger partial charge in [-0.2, -0.15) is 13.2 Å². The van der Waals surface area contributed by atoms with Crippen LogP contribution in [0, 0.1) is 11.7 Å². The van der Waals surface area contributed by atoms with Gasteiger partial charge in [-0.15, -0.1) is 0 Å². The van der Waals surface area contributed by atoms with Crippen LogP contribution in [0.4, 0.5) is 33.7 Å². The molecule has 2 atom stereocenters. The molecule has 1 spiro atoms. The van der Waals surface area contributed by atoms with Crippen molar-refractivity contribution in [3.05, 3.63) is 94.8 Å². The number of imide groups is 1. The number of amides is 4. The first-order valence-electron chi connectivity index (χ1n) is 21.5. The van der Waals surface area contributed by atoms with E-state index in [1.807, 2.05) is 30.3 Å². The third-order valence-corrected chi connectivity index (χ3v) is 11.8. The van der Waals surface area contributed by atoms with Crippen molar-refractivity contribution in [1.82, 2.24) is 9.80 Å². The molecule has 1 heterocycles. The van der Waals surface area contributed by atoms with Gasteiger partial charge < -0.3 is 34.5 Å². The number of carbonyl (C=O) groups excluding carboxylic acids is 4. The molecule has 4 amide bonds. The maximum Gasteiger partial charge on any atom is 0.418 e. The van der Waals surface area contributed by atoms with Gasteiger partial charge in [0.25, 0.3) is 5.91 Å². The van der Waals surface area contributed by atoms with Crippen LogP contribution in [-0.4, -0.2) is 98.6 Å². The number of anilines is 2. The quantitative estimate of drug-likeness (QED) is 0.0763. The van der Waals surface area contributed by atoms with E-state index in [1.165, 1.54) is 44.2 Å². The van der Waals surface area contributed by atoms with Gasteiger partial charge in [0.1, 0.15) is 18.4 Å². The Bertz CT molecular complexity index is 1980. The molecule has 336 valence electrons. The molecule has 2 N–H and O–H groups in total. The Morgan fingerprint density at radius 1 is 0.871 bits per heavy atom. The number of nitrogens with zero attached hydrogens (tertiary/aromatic N) is 2. The third kappa shape index (κ3) is 12.5. The molecule has 2 fully saturated rings. The molecule has 0 bridgehead atoms. The highest BCUT2D eigenvalue weighted by atomic mass is 19.4. The van der Waals surface area contributed by atoms with Gasteiger partial charge in [-0.3, -0.25) is 14.4 Å². The maximum absolute atomic E-state index is 13.8. The largest absolute Gasteiger partial charge is 0.427 e. The van der Waals surface area contributed by atoms with E-state index in [0.717, 1.165) is 54.8 Å². The van der Waals surface area contributed by atoms with Crippen molar-refractivity contribution in [2.24, 2.45) is 5.92 Å². The van der Waals surface area contributed by atoms with Gasteiger partial charge in [0, 0.05) is 43.1 Å². The van der Waals surface area contributed by atoms with E-state index in [2.05, 4.69) is 10.6 Å². The fourth-order valence-electron chi connectivity index (χ4n) is 8.16. The molecule has 16 heteroatoms. The summed E-state index contributed by atoms with van der Waals surface area (Å²) in [6.45, 7) is 2.93. The van der Waals surface area contributed by atoms with E-state index >= 15 is 0 Å². The molecule has 0 aromatic heterocycles. The number of benzene rings is 3. The molecule has 3 aromatic rings. The first kappa shape index (κ1) is 46.4. The molecule has 1 saturated heterocycles. The van der Waals surface area contributed by atoms with Crippen LogP contribution in [0.2, 0.25) is 0 Å². The van der Waals surface area contributed by atoms with Crippen LogP contribution in [-0.2, 0) is 58.3 Å². The predicted molar refractivity (Wildman–Crippen MR) is 223 cm³/mol. The highest BCUT2D eigenvalue weighted by molar-refractivity contribution is 6.06. The van der Waals surface area contributed by atoms with Crippen molar-refractivity contribution >= 4 is 35.2 Å². The average molecular weight is 869 g/mol. The molecule has 0 radical (unpaired) electrons. The Morgan fingerprint density at radius 2 is 1.52 bits per heavy atom. The van der Waals surface area contributed by atoms with E-state index in [4.69, 9.17) is 18.9 Å². The average Bonchev–Trinajstić information content (AvgIpc) is 3.73. The molecule has 0 unspecified atom stereocenters. The fraction of sp³-hybridized carbons (Fsp3) is 0.522. The monoisotopic (exact) mass is 868 g/mol. The second-order valence-electron chi connectivity index (χ2n) is 16.1. The number of hydrogen-bond donors (Lipinski definition) is 2. The number of ether oxygens (including phenoxy) is 4. The standard InChI is InChI=1S/C46H56F4N4O8/c1-32(46(48,49)50)53(30-35-7-11-37(47)12-8-35)42(56)31-54-43(57)45(62-44(54)58)21-17-36-29-39(15-16-40(36)45)51-22-18-34-9-13-38(14-10-34)52-41(55)20-24-60-26-28-61-27-25-59-23-19-33-5-3-2-4-6-33/h7-16,29,32-33,51H,2-6,17-28,30-31H2,1H3,(H,52,55)/t32-,45+/m0/s1. The van der Waals surface area contributed by atoms with Gasteiger partial charge >= 0.3 is 12.3 Å². The van der Waals surface area contributed by atoms with Crippen molar-refractivity contribution in [3.63, 3.8) is 0 Å². The lowest BCUT2D eigenvalue weighted by Crippen LogP contribution is -2.51. The summed E-state index contributed by atoms with van der Waals surface area (Å²) >= 11 is 0. The van der Waals surface area contributed by atoms with E-state index in [1.54, 1.807) is 12.1 Å². The second-order valence-corrected chi connectivity index (χ2v) is 16.1. The summed E-state index contributed by atoms with van der Waals surface area (Å²) in [5.74, 6) is -1.87. The molecule has 12 nitrogen and oxygen atoms in total. The summed E-state index contributed by atoms with van der Waals surface area (Å²) in [6, 6.07) is 15.2. The number of fused-ring (bicyclic) bond motifs is 2. The van der Waals surface area contributed by atoms with Crippen LogP contribution >= 0.6 is 0 Å². The van der Waals surface area contributed by atoms with Crippen molar-refractivity contribution in [2.75, 3.05) is 63.4 Å². The third-order valence-electron chi connectivity index (χ3n) is 11.8. The summed E-state index contributed by atoms with van der Waals surface area (Å²) in [5.41, 5.74) is 2.24. The highest BCUT2D eigenvalue weighted by Gasteiger charge is 2.58. The van der Waals surface area contributed by atoms with Crippen LogP contribution in [0.1, 0.15) is 80.5 Å². The van der Waals surface area contributed by atoms with Crippen LogP contribution < -0.4 is 10.6 Å². The SMILES string of the molecule is C[C@H](N(Cc1ccc(F)cc1)C(=O)CN1C(=O)O[C@@]2(CCc3cc(NCCc4ccc(NC(=O)CCOCCOCCOCCC5CCCCC5)cc4)ccc32)C1=O)C(F)(F)F. The molecule has 62 heavy (non-hydrogen) atoms. The maximum atomic E-state index is 13.8. The lowest BCUT2D eigenvalue weighted by atomic mass is 9.87. The predicted octanol–water partition coefficient (Wildman–Crippen LogP) is 7.93. The van der Waals surface area contributed by atoms with Gasteiger partial charge in [-0.25, -0.2) is 14.1 Å². The van der Waals surface area contributed by atoms with Gasteiger partial charge in [0.2, 0.25) is 17.4 Å². The number of aryl methyl sites for hydroxylation is 1. The topological polar surface area (TPSA) is 136 Å². The lowest BCUT2D eigenvalue weighted by Gasteiger charge is -2.31. The number of hydrogen-bond acceptors (Lipinski definition) is 9. The van der Waals surface area contributed by atoms with Crippen LogP contribution in [0.25, 0.3) is 0 Å². The molecule has 3 aliphatic rings. The Labute approximate surface area is 359 Å². The number of rotatable bonds is 22. The zero-order chi connectivity index (χ0) is 44.1. The number of nitrogens with one attached hydrogen (secondary N) is 2. The normalized spacial score (nSPS) is 18.2. The smallest absolute Gasteiger partial charge is 0.418 e. The minimum atomic E-state index is -4.80. The Kier molecular flexibility index (Phi) is 16.4. The Morgan fingerprint density at radius 3 is 2.21 bits per heavy atom. The second kappa shape index (κ2) is 21.8. The molecule has 1 aliphatic heterocycles. The molecule has 6 rings (SSSR count). The fourth-order valence-corrected chi connectivity index (χ4v) is 8.16. The Balaban J connectivity index is 0.894. The van der Waals surface area contributed by atoms with Crippen molar-refractivity contribution < 1.29 is 55.7 Å². The van der Waals surface area contributed by atoms with Gasteiger partial charge in [-0.1, -0.05) is 62.4 Å². The zero-order valence-corrected chi connectivity index (χ0v) is 35.1. The molecule has 2 aliphatic carbocycles. The number of halogens is 4. The van der Waals surface area contributed by atoms with Gasteiger partial charge in [-0.05, 0) is 85.2 Å². The van der Waals surface area contributed by atoms with E-state index < -0.39 is 54.6 Å². The van der Waals surface area contributed by atoms with Crippen molar-refractivity contribution in [3.8, 4) is 0 Å². The molecular formula is C46H56F4N4O8. The molecule has 1 saturated carbocycles. The van der Waals surface area contributed by atoms with Crippen LogP contribution in [0.15, 0.2) is 66.7 Å². The Hall–Kier alpha value is -5.06. The van der Waals surface area contributed by atoms with Crippen molar-refractivity contribution in [2.45, 2.75) is 95.5 Å². The van der Waals surface area contributed by atoms with Crippen molar-refractivity contribution in [1.29, 1.82) is 0 Å². The summed E-state index contributed by atoms with van der Waals surface area (Å²) in [4.78, 5) is 53.6. The summed E-state index contributed by atoms with van der Waals surface area (Å²) < 4.78 is 77.3. The van der Waals surface area contributed by atoms with Crippen LogP contribution in [0.5, 0.6) is 0 Å². The summed E-state index contributed by atoms with van der Waals surface area (Å²) in [6.07, 6.45) is 3.30.